The van der Waals surface area contributed by atoms with E-state index >= 15 is 0 Å². The third-order valence-electron chi connectivity index (χ3n) is 5.94. The van der Waals surface area contributed by atoms with Crippen molar-refractivity contribution < 1.29 is 14.7 Å². The molecular formula is C28H28N2O3. The molecule has 2 atom stereocenters. The molecule has 1 aliphatic carbocycles. The Hall–Kier alpha value is -3.86. The predicted molar refractivity (Wildman–Crippen MR) is 129 cm³/mol. The summed E-state index contributed by atoms with van der Waals surface area (Å²) in [6.45, 7) is 0.964. The Morgan fingerprint density at radius 1 is 0.788 bits per heavy atom. The van der Waals surface area contributed by atoms with Gasteiger partial charge in [-0.2, -0.15) is 0 Å². The zero-order valence-electron chi connectivity index (χ0n) is 18.4. The molecule has 5 heteroatoms. The van der Waals surface area contributed by atoms with E-state index in [4.69, 9.17) is 0 Å². The molecular weight excluding hydrogens is 412 g/mol. The molecule has 0 spiro atoms. The average molecular weight is 441 g/mol. The lowest BCUT2D eigenvalue weighted by atomic mass is 9.81. The summed E-state index contributed by atoms with van der Waals surface area (Å²) in [6, 6.07) is 26.3. The quantitative estimate of drug-likeness (QED) is 0.500. The van der Waals surface area contributed by atoms with E-state index in [1.807, 2.05) is 77.7 Å². The molecule has 0 heterocycles. The maximum atomic E-state index is 13.8. The standard InChI is InChI=1S/C28H28N2O3/c31-24-15-9-14-23(18-24)29-27(32)25-16-7-8-17-26(25)28(33)30(19-21-10-3-1-4-11-21)20-22-12-5-2-6-13-22/h1-15,18,25-26,31H,16-17,19-20H2,(H,29,32). The number of amides is 2. The molecule has 3 aromatic carbocycles. The number of hydrogen-bond acceptors (Lipinski definition) is 3. The van der Waals surface area contributed by atoms with E-state index in [9.17, 15) is 14.7 Å². The summed E-state index contributed by atoms with van der Waals surface area (Å²) >= 11 is 0. The molecule has 2 amide bonds. The van der Waals surface area contributed by atoms with Gasteiger partial charge in [-0.3, -0.25) is 9.59 Å². The molecule has 0 aromatic heterocycles. The third-order valence-corrected chi connectivity index (χ3v) is 5.94. The minimum Gasteiger partial charge on any atom is -0.508 e. The second-order valence-electron chi connectivity index (χ2n) is 8.36. The highest BCUT2D eigenvalue weighted by atomic mass is 16.3. The van der Waals surface area contributed by atoms with Gasteiger partial charge < -0.3 is 15.3 Å². The lowest BCUT2D eigenvalue weighted by Crippen LogP contribution is -2.42. The van der Waals surface area contributed by atoms with Crippen LogP contribution in [0.5, 0.6) is 5.75 Å². The van der Waals surface area contributed by atoms with Crippen molar-refractivity contribution in [3.05, 3.63) is 108 Å². The van der Waals surface area contributed by atoms with Crippen molar-refractivity contribution in [1.29, 1.82) is 0 Å². The second-order valence-corrected chi connectivity index (χ2v) is 8.36. The Bertz CT molecular complexity index is 1070. The zero-order chi connectivity index (χ0) is 23.0. The van der Waals surface area contributed by atoms with Crippen LogP contribution < -0.4 is 5.32 Å². The molecule has 0 saturated heterocycles. The van der Waals surface area contributed by atoms with E-state index in [0.29, 0.717) is 31.6 Å². The van der Waals surface area contributed by atoms with E-state index < -0.39 is 11.8 Å². The van der Waals surface area contributed by atoms with Gasteiger partial charge >= 0.3 is 0 Å². The van der Waals surface area contributed by atoms with Crippen LogP contribution in [-0.4, -0.2) is 21.8 Å². The van der Waals surface area contributed by atoms with Crippen LogP contribution in [-0.2, 0) is 22.7 Å². The van der Waals surface area contributed by atoms with Crippen LogP contribution in [0.3, 0.4) is 0 Å². The zero-order valence-corrected chi connectivity index (χ0v) is 18.4. The number of phenols is 1. The number of nitrogens with one attached hydrogen (secondary N) is 1. The number of allylic oxidation sites excluding steroid dienone is 2. The normalized spacial score (nSPS) is 17.3. The van der Waals surface area contributed by atoms with Crippen LogP contribution in [0, 0.1) is 11.8 Å². The van der Waals surface area contributed by atoms with Gasteiger partial charge in [0.1, 0.15) is 5.75 Å². The first-order chi connectivity index (χ1) is 16.1. The Morgan fingerprint density at radius 2 is 1.36 bits per heavy atom. The number of anilines is 1. The molecule has 5 nitrogen and oxygen atoms in total. The number of benzene rings is 3. The van der Waals surface area contributed by atoms with E-state index in [0.717, 1.165) is 11.1 Å². The highest BCUT2D eigenvalue weighted by molar-refractivity contribution is 5.96. The van der Waals surface area contributed by atoms with Crippen LogP contribution in [0.1, 0.15) is 24.0 Å². The van der Waals surface area contributed by atoms with E-state index in [-0.39, 0.29) is 17.6 Å². The first-order valence-electron chi connectivity index (χ1n) is 11.2. The lowest BCUT2D eigenvalue weighted by molar-refractivity contribution is -0.142. The molecule has 0 aliphatic heterocycles. The predicted octanol–water partition coefficient (Wildman–Crippen LogP) is 5.14. The number of carbonyl (C=O) groups excluding carboxylic acids is 2. The van der Waals surface area contributed by atoms with Crippen molar-refractivity contribution in [3.8, 4) is 5.75 Å². The summed E-state index contributed by atoms with van der Waals surface area (Å²) in [4.78, 5) is 28.8. The van der Waals surface area contributed by atoms with Crippen LogP contribution >= 0.6 is 0 Å². The van der Waals surface area contributed by atoms with Gasteiger partial charge in [0.25, 0.3) is 0 Å². The summed E-state index contributed by atoms with van der Waals surface area (Å²) in [5, 5.41) is 12.6. The van der Waals surface area contributed by atoms with Gasteiger partial charge in [-0.15, -0.1) is 0 Å². The molecule has 0 radical (unpaired) electrons. The summed E-state index contributed by atoms with van der Waals surface area (Å²) in [6.07, 6.45) is 4.99. The molecule has 1 aliphatic rings. The minimum absolute atomic E-state index is 0.0249. The van der Waals surface area contributed by atoms with Crippen LogP contribution in [0.2, 0.25) is 0 Å². The first-order valence-corrected chi connectivity index (χ1v) is 11.2. The molecule has 33 heavy (non-hydrogen) atoms. The fourth-order valence-electron chi connectivity index (χ4n) is 4.25. The Labute approximate surface area is 194 Å². The van der Waals surface area contributed by atoms with Crippen LogP contribution in [0.25, 0.3) is 0 Å². The fourth-order valence-corrected chi connectivity index (χ4v) is 4.25. The van der Waals surface area contributed by atoms with Gasteiger partial charge in [-0.1, -0.05) is 78.9 Å². The number of carbonyl (C=O) groups is 2. The number of aromatic hydroxyl groups is 1. The van der Waals surface area contributed by atoms with E-state index in [1.165, 1.54) is 6.07 Å². The van der Waals surface area contributed by atoms with E-state index in [2.05, 4.69) is 5.32 Å². The Balaban J connectivity index is 1.55. The van der Waals surface area contributed by atoms with Gasteiger partial charge in [-0.25, -0.2) is 0 Å². The smallest absolute Gasteiger partial charge is 0.228 e. The SMILES string of the molecule is O=C(Nc1cccc(O)c1)C1CC=CCC1C(=O)N(Cc1ccccc1)Cc1ccccc1. The third kappa shape index (κ3) is 5.89. The molecule has 2 N–H and O–H groups in total. The van der Waals surface area contributed by atoms with Crippen molar-refractivity contribution in [2.45, 2.75) is 25.9 Å². The van der Waals surface area contributed by atoms with Crippen molar-refractivity contribution in [2.24, 2.45) is 11.8 Å². The lowest BCUT2D eigenvalue weighted by Gasteiger charge is -2.32. The highest BCUT2D eigenvalue weighted by Gasteiger charge is 2.36. The number of nitrogens with zero attached hydrogens (tertiary/aromatic N) is 1. The molecule has 0 bridgehead atoms. The Kier molecular flexibility index (Phi) is 7.20. The first kappa shape index (κ1) is 22.3. The molecule has 2 unspecified atom stereocenters. The summed E-state index contributed by atoms with van der Waals surface area (Å²) in [5.74, 6) is -1.06. The highest BCUT2D eigenvalue weighted by Crippen LogP contribution is 2.30. The van der Waals surface area contributed by atoms with Crippen molar-refractivity contribution in [1.82, 2.24) is 4.90 Å². The largest absolute Gasteiger partial charge is 0.508 e. The average Bonchev–Trinajstić information content (AvgIpc) is 2.84. The fraction of sp³-hybridized carbons (Fsp3) is 0.214. The maximum absolute atomic E-state index is 13.8. The molecule has 3 aromatic rings. The van der Waals surface area contributed by atoms with Gasteiger partial charge in [0.15, 0.2) is 0 Å². The van der Waals surface area contributed by atoms with Crippen molar-refractivity contribution in [3.63, 3.8) is 0 Å². The summed E-state index contributed by atoms with van der Waals surface area (Å²) < 4.78 is 0. The molecule has 4 rings (SSSR count). The van der Waals surface area contributed by atoms with Gasteiger partial charge in [0.05, 0.1) is 11.8 Å². The second kappa shape index (κ2) is 10.6. The molecule has 0 fully saturated rings. The maximum Gasteiger partial charge on any atom is 0.228 e. The van der Waals surface area contributed by atoms with Crippen LogP contribution in [0.4, 0.5) is 5.69 Å². The van der Waals surface area contributed by atoms with E-state index in [1.54, 1.807) is 18.2 Å². The van der Waals surface area contributed by atoms with Gasteiger partial charge in [0, 0.05) is 24.8 Å². The number of hydrogen-bond donors (Lipinski definition) is 2. The topological polar surface area (TPSA) is 69.6 Å². The monoisotopic (exact) mass is 440 g/mol. The van der Waals surface area contributed by atoms with Crippen molar-refractivity contribution in [2.75, 3.05) is 5.32 Å². The summed E-state index contributed by atoms with van der Waals surface area (Å²) in [5.41, 5.74) is 2.62. The van der Waals surface area contributed by atoms with Crippen molar-refractivity contribution >= 4 is 17.5 Å². The van der Waals surface area contributed by atoms with Crippen LogP contribution in [0.15, 0.2) is 97.1 Å². The van der Waals surface area contributed by atoms with Gasteiger partial charge in [0.2, 0.25) is 11.8 Å². The Morgan fingerprint density at radius 3 is 1.94 bits per heavy atom. The minimum atomic E-state index is -0.473. The van der Waals surface area contributed by atoms with Gasteiger partial charge in [-0.05, 0) is 36.1 Å². The number of rotatable bonds is 7. The summed E-state index contributed by atoms with van der Waals surface area (Å²) in [7, 11) is 0. The number of phenolic OH excluding ortho intramolecular Hbond substituents is 1. The molecule has 168 valence electrons. The molecule has 0 saturated carbocycles.